The molecule has 0 saturated heterocycles. The van der Waals surface area contributed by atoms with Gasteiger partial charge in [0.05, 0.1) is 38.1 Å². The lowest BCUT2D eigenvalue weighted by molar-refractivity contribution is -0.119. The Labute approximate surface area is 205 Å². The first-order valence-corrected chi connectivity index (χ1v) is 12.0. The molecule has 0 atom stereocenters. The molecule has 0 aliphatic heterocycles. The Hall–Kier alpha value is -4.05. The molecule has 184 valence electrons. The number of methoxy groups -OCH3 is 3. The number of hydrogen-bond acceptors (Lipinski definition) is 7. The molecule has 0 bridgehead atoms. The van der Waals surface area contributed by atoms with Crippen LogP contribution < -0.4 is 23.9 Å². The molecular weight excluding hydrogens is 470 g/mol. The number of aryl methyl sites for hydroxylation is 1. The fourth-order valence-corrected chi connectivity index (χ4v) is 4.60. The van der Waals surface area contributed by atoms with Crippen LogP contribution in [-0.4, -0.2) is 48.4 Å². The molecule has 0 aliphatic carbocycles. The van der Waals surface area contributed by atoms with Crippen LogP contribution in [0.15, 0.2) is 76.7 Å². The Morgan fingerprint density at radius 2 is 1.54 bits per heavy atom. The summed E-state index contributed by atoms with van der Waals surface area (Å²) >= 11 is 0. The number of hydrogen-bond donors (Lipinski definition) is 1. The Balaban J connectivity index is 1.85. The van der Waals surface area contributed by atoms with Crippen LogP contribution in [0.1, 0.15) is 11.1 Å². The van der Waals surface area contributed by atoms with Crippen molar-refractivity contribution in [3.63, 3.8) is 0 Å². The average molecular weight is 498 g/mol. The third-order valence-corrected chi connectivity index (χ3v) is 6.87. The number of carbonyl (C=O) groups is 1. The third-order valence-electron chi connectivity index (χ3n) is 5.09. The fourth-order valence-electron chi connectivity index (χ4n) is 3.18. The van der Waals surface area contributed by atoms with Gasteiger partial charge in [-0.25, -0.2) is 13.8 Å². The topological polar surface area (TPSA) is 107 Å². The second-order valence-corrected chi connectivity index (χ2v) is 9.29. The number of sulfonamides is 1. The zero-order valence-corrected chi connectivity index (χ0v) is 20.7. The minimum Gasteiger partial charge on any atom is -0.497 e. The number of amides is 1. The second-order valence-electron chi connectivity index (χ2n) is 7.42. The second kappa shape index (κ2) is 11.4. The van der Waals surface area contributed by atoms with Crippen LogP contribution >= 0.6 is 0 Å². The lowest BCUT2D eigenvalue weighted by Crippen LogP contribution is -2.39. The number of carbonyl (C=O) groups excluding carboxylic acids is 1. The van der Waals surface area contributed by atoms with Crippen molar-refractivity contribution in [3.05, 3.63) is 77.9 Å². The molecule has 3 aromatic rings. The number of rotatable bonds is 10. The monoisotopic (exact) mass is 497 g/mol. The van der Waals surface area contributed by atoms with E-state index in [4.69, 9.17) is 14.2 Å². The minimum absolute atomic E-state index is 0.0661. The highest BCUT2D eigenvalue weighted by atomic mass is 32.2. The van der Waals surface area contributed by atoms with Crippen LogP contribution in [0.4, 0.5) is 5.69 Å². The molecule has 0 fully saturated rings. The van der Waals surface area contributed by atoms with E-state index < -0.39 is 22.5 Å². The molecule has 0 aromatic heterocycles. The van der Waals surface area contributed by atoms with E-state index in [-0.39, 0.29) is 4.90 Å². The molecule has 0 aliphatic rings. The Bertz CT molecular complexity index is 1290. The Morgan fingerprint density at radius 3 is 2.14 bits per heavy atom. The third kappa shape index (κ3) is 6.30. The first kappa shape index (κ1) is 25.6. The summed E-state index contributed by atoms with van der Waals surface area (Å²) in [6.07, 6.45) is 1.39. The molecule has 0 heterocycles. The molecule has 0 spiro atoms. The van der Waals surface area contributed by atoms with Crippen molar-refractivity contribution in [1.82, 2.24) is 5.43 Å². The van der Waals surface area contributed by atoms with Crippen LogP contribution in [0.25, 0.3) is 0 Å². The van der Waals surface area contributed by atoms with Gasteiger partial charge in [0.25, 0.3) is 15.9 Å². The van der Waals surface area contributed by atoms with E-state index in [1.54, 1.807) is 54.6 Å². The van der Waals surface area contributed by atoms with Crippen molar-refractivity contribution < 1.29 is 27.4 Å². The predicted octanol–water partition coefficient (Wildman–Crippen LogP) is 3.37. The molecule has 35 heavy (non-hydrogen) atoms. The van der Waals surface area contributed by atoms with E-state index in [1.807, 2.05) is 6.92 Å². The van der Waals surface area contributed by atoms with Gasteiger partial charge < -0.3 is 14.2 Å². The lowest BCUT2D eigenvalue weighted by Gasteiger charge is -2.24. The average Bonchev–Trinajstić information content (AvgIpc) is 2.87. The summed E-state index contributed by atoms with van der Waals surface area (Å²) in [6.45, 7) is 1.37. The highest BCUT2D eigenvalue weighted by molar-refractivity contribution is 7.92. The summed E-state index contributed by atoms with van der Waals surface area (Å²) in [5.74, 6) is 1.05. The SMILES string of the molecule is COc1ccc(N(CC(=O)N/N=C\c2cc(OC)ccc2OC)S(=O)(=O)c2ccc(C)cc2)cc1. The zero-order chi connectivity index (χ0) is 25.4. The van der Waals surface area contributed by atoms with Gasteiger partial charge >= 0.3 is 0 Å². The van der Waals surface area contributed by atoms with Gasteiger partial charge in [-0.1, -0.05) is 17.7 Å². The highest BCUT2D eigenvalue weighted by Crippen LogP contribution is 2.26. The number of benzene rings is 3. The number of anilines is 1. The zero-order valence-electron chi connectivity index (χ0n) is 19.9. The largest absolute Gasteiger partial charge is 0.497 e. The normalized spacial score (nSPS) is 11.2. The van der Waals surface area contributed by atoms with E-state index in [9.17, 15) is 13.2 Å². The number of hydrazone groups is 1. The predicted molar refractivity (Wildman–Crippen MR) is 134 cm³/mol. The lowest BCUT2D eigenvalue weighted by atomic mass is 10.2. The molecule has 10 heteroatoms. The van der Waals surface area contributed by atoms with E-state index in [2.05, 4.69) is 10.5 Å². The maximum Gasteiger partial charge on any atom is 0.264 e. The van der Waals surface area contributed by atoms with Crippen LogP contribution in [0.5, 0.6) is 17.2 Å². The van der Waals surface area contributed by atoms with E-state index >= 15 is 0 Å². The molecule has 3 rings (SSSR count). The molecule has 1 N–H and O–H groups in total. The minimum atomic E-state index is -4.04. The molecular formula is C25H27N3O6S. The molecule has 9 nitrogen and oxygen atoms in total. The molecule has 1 amide bonds. The summed E-state index contributed by atoms with van der Waals surface area (Å²) in [4.78, 5) is 12.8. The summed E-state index contributed by atoms with van der Waals surface area (Å²) in [7, 11) is 0.522. The number of ether oxygens (including phenoxy) is 3. The molecule has 0 saturated carbocycles. The summed E-state index contributed by atoms with van der Waals surface area (Å²) in [5.41, 5.74) is 4.18. The van der Waals surface area contributed by atoms with Crippen LogP contribution in [0.3, 0.4) is 0 Å². The van der Waals surface area contributed by atoms with Crippen molar-refractivity contribution in [2.24, 2.45) is 5.10 Å². The summed E-state index contributed by atoms with van der Waals surface area (Å²) in [5, 5.41) is 3.96. The molecule has 0 radical (unpaired) electrons. The number of nitrogens with one attached hydrogen (secondary N) is 1. The van der Waals surface area contributed by atoms with Crippen LogP contribution in [-0.2, 0) is 14.8 Å². The van der Waals surface area contributed by atoms with Gasteiger partial charge in [-0.15, -0.1) is 0 Å². The van der Waals surface area contributed by atoms with Crippen molar-refractivity contribution in [3.8, 4) is 17.2 Å². The van der Waals surface area contributed by atoms with Gasteiger partial charge in [-0.2, -0.15) is 5.10 Å². The van der Waals surface area contributed by atoms with Crippen LogP contribution in [0.2, 0.25) is 0 Å². The van der Waals surface area contributed by atoms with Crippen molar-refractivity contribution >= 4 is 27.8 Å². The van der Waals surface area contributed by atoms with Crippen molar-refractivity contribution in [2.45, 2.75) is 11.8 Å². The maximum absolute atomic E-state index is 13.4. The van der Waals surface area contributed by atoms with Crippen LogP contribution in [0, 0.1) is 6.92 Å². The van der Waals surface area contributed by atoms with Gasteiger partial charge in [0.15, 0.2) is 0 Å². The maximum atomic E-state index is 13.4. The van der Waals surface area contributed by atoms with Gasteiger partial charge in [0.2, 0.25) is 0 Å². The van der Waals surface area contributed by atoms with Gasteiger partial charge in [0, 0.05) is 5.56 Å². The van der Waals surface area contributed by atoms with E-state index in [1.165, 1.54) is 39.7 Å². The standard InChI is InChI=1S/C25H27N3O6S/c1-18-5-12-23(13-6-18)35(30,31)28(20-7-9-21(32-2)10-8-20)17-25(29)27-26-16-19-15-22(33-3)11-14-24(19)34-4/h5-16H,17H2,1-4H3,(H,27,29)/b26-16-. The molecule has 3 aromatic carbocycles. The first-order valence-electron chi connectivity index (χ1n) is 10.6. The summed E-state index contributed by atoms with van der Waals surface area (Å²) < 4.78 is 43.5. The Kier molecular flexibility index (Phi) is 8.32. The quantitative estimate of drug-likeness (QED) is 0.340. The van der Waals surface area contributed by atoms with E-state index in [0.29, 0.717) is 28.5 Å². The van der Waals surface area contributed by atoms with Gasteiger partial charge in [0.1, 0.15) is 23.8 Å². The fraction of sp³-hybridized carbons (Fsp3) is 0.200. The number of nitrogens with zero attached hydrogens (tertiary/aromatic N) is 2. The smallest absolute Gasteiger partial charge is 0.264 e. The van der Waals surface area contributed by atoms with Crippen molar-refractivity contribution in [2.75, 3.05) is 32.2 Å². The van der Waals surface area contributed by atoms with Crippen molar-refractivity contribution in [1.29, 1.82) is 0 Å². The van der Waals surface area contributed by atoms with Gasteiger partial charge in [-0.3, -0.25) is 9.10 Å². The highest BCUT2D eigenvalue weighted by Gasteiger charge is 2.27. The Morgan fingerprint density at radius 1 is 0.914 bits per heavy atom. The van der Waals surface area contributed by atoms with Gasteiger partial charge in [-0.05, 0) is 61.5 Å². The molecule has 0 unspecified atom stereocenters. The van der Waals surface area contributed by atoms with E-state index in [0.717, 1.165) is 9.87 Å². The first-order chi connectivity index (χ1) is 16.8. The summed E-state index contributed by atoms with van der Waals surface area (Å²) in [6, 6.07) is 17.9.